The third kappa shape index (κ3) is 3.26. The Balaban J connectivity index is 3.04. The van der Waals surface area contributed by atoms with Crippen molar-refractivity contribution in [1.29, 1.82) is 0 Å². The van der Waals surface area contributed by atoms with E-state index in [9.17, 15) is 10.1 Å². The zero-order valence-electron chi connectivity index (χ0n) is 10.1. The molecule has 0 aromatic carbocycles. The zero-order chi connectivity index (χ0) is 13.0. The molecule has 6 nitrogen and oxygen atoms in total. The molecule has 94 valence electrons. The third-order valence-electron chi connectivity index (χ3n) is 2.58. The van der Waals surface area contributed by atoms with Crippen LogP contribution in [0.4, 0.5) is 11.5 Å². The third-order valence-corrected chi connectivity index (χ3v) is 2.86. The Morgan fingerprint density at radius 2 is 2.24 bits per heavy atom. The molecule has 7 heteroatoms. The summed E-state index contributed by atoms with van der Waals surface area (Å²) in [5.74, 6) is 0.684. The van der Waals surface area contributed by atoms with Crippen LogP contribution in [0.1, 0.15) is 20.3 Å². The van der Waals surface area contributed by atoms with E-state index in [0.29, 0.717) is 12.5 Å². The molecule has 0 aliphatic carbocycles. The summed E-state index contributed by atoms with van der Waals surface area (Å²) in [6.07, 6.45) is 2.23. The van der Waals surface area contributed by atoms with Crippen LogP contribution >= 0.6 is 11.6 Å². The van der Waals surface area contributed by atoms with E-state index in [2.05, 4.69) is 23.8 Å². The quantitative estimate of drug-likeness (QED) is 0.461. The molecule has 1 atom stereocenters. The second-order valence-corrected chi connectivity index (χ2v) is 4.35. The summed E-state index contributed by atoms with van der Waals surface area (Å²) in [6.45, 7) is 4.83. The number of hydrogen-bond acceptors (Lipinski definition) is 5. The van der Waals surface area contributed by atoms with E-state index in [1.165, 1.54) is 6.33 Å². The average molecular weight is 259 g/mol. The molecule has 1 unspecified atom stereocenters. The maximum absolute atomic E-state index is 10.9. The molecule has 0 N–H and O–H groups in total. The number of nitrogens with zero attached hydrogens (tertiary/aromatic N) is 4. The van der Waals surface area contributed by atoms with Crippen molar-refractivity contribution in [3.05, 3.63) is 21.6 Å². The van der Waals surface area contributed by atoms with Crippen molar-refractivity contribution >= 4 is 23.1 Å². The molecule has 0 spiro atoms. The lowest BCUT2D eigenvalue weighted by atomic mass is 10.1. The van der Waals surface area contributed by atoms with Gasteiger partial charge in [-0.2, -0.15) is 0 Å². The van der Waals surface area contributed by atoms with Crippen LogP contribution in [-0.2, 0) is 0 Å². The first kappa shape index (κ1) is 13.6. The second-order valence-electron chi connectivity index (χ2n) is 3.99. The molecule has 0 amide bonds. The van der Waals surface area contributed by atoms with Crippen LogP contribution in [-0.4, -0.2) is 28.5 Å². The summed E-state index contributed by atoms with van der Waals surface area (Å²) in [6, 6.07) is 0. The van der Waals surface area contributed by atoms with E-state index in [1.54, 1.807) is 11.9 Å². The van der Waals surface area contributed by atoms with Crippen LogP contribution < -0.4 is 4.90 Å². The van der Waals surface area contributed by atoms with Gasteiger partial charge in [-0.1, -0.05) is 31.9 Å². The molecule has 1 aromatic rings. The summed E-state index contributed by atoms with van der Waals surface area (Å²) in [7, 11) is 1.76. The van der Waals surface area contributed by atoms with Gasteiger partial charge in [-0.3, -0.25) is 10.1 Å². The fourth-order valence-electron chi connectivity index (χ4n) is 1.47. The SMILES string of the molecule is CCC(C)CN(C)c1ncnc(Cl)c1[N+](=O)[O-]. The van der Waals surface area contributed by atoms with Crippen molar-refractivity contribution in [2.75, 3.05) is 18.5 Å². The van der Waals surface area contributed by atoms with Crippen molar-refractivity contribution in [3.8, 4) is 0 Å². The van der Waals surface area contributed by atoms with E-state index in [-0.39, 0.29) is 16.7 Å². The number of halogens is 1. The van der Waals surface area contributed by atoms with Crippen LogP contribution in [0.2, 0.25) is 5.15 Å². The predicted molar refractivity (Wildman–Crippen MR) is 66.4 cm³/mol. The van der Waals surface area contributed by atoms with Crippen LogP contribution in [0.25, 0.3) is 0 Å². The maximum Gasteiger partial charge on any atom is 0.348 e. The topological polar surface area (TPSA) is 72.2 Å². The monoisotopic (exact) mass is 258 g/mol. The fraction of sp³-hybridized carbons (Fsp3) is 0.600. The highest BCUT2D eigenvalue weighted by Crippen LogP contribution is 2.30. The number of nitro groups is 1. The lowest BCUT2D eigenvalue weighted by Crippen LogP contribution is -2.25. The number of rotatable bonds is 5. The normalized spacial score (nSPS) is 12.2. The molecular formula is C10H15ClN4O2. The molecule has 0 fully saturated rings. The van der Waals surface area contributed by atoms with Gasteiger partial charge >= 0.3 is 5.69 Å². The highest BCUT2D eigenvalue weighted by atomic mass is 35.5. The summed E-state index contributed by atoms with van der Waals surface area (Å²) in [5.41, 5.74) is -0.236. The van der Waals surface area contributed by atoms with Gasteiger partial charge in [0.15, 0.2) is 0 Å². The van der Waals surface area contributed by atoms with Crippen molar-refractivity contribution in [3.63, 3.8) is 0 Å². The average Bonchev–Trinajstić information content (AvgIpc) is 2.27. The molecule has 1 aromatic heterocycles. The Hall–Kier alpha value is -1.43. The molecule has 0 saturated carbocycles. The Labute approximate surface area is 105 Å². The van der Waals surface area contributed by atoms with Gasteiger partial charge < -0.3 is 4.90 Å². The highest BCUT2D eigenvalue weighted by Gasteiger charge is 2.24. The summed E-state index contributed by atoms with van der Waals surface area (Å²) >= 11 is 5.72. The number of aromatic nitrogens is 2. The minimum atomic E-state index is -0.551. The van der Waals surface area contributed by atoms with Crippen molar-refractivity contribution in [1.82, 2.24) is 9.97 Å². The van der Waals surface area contributed by atoms with Crippen LogP contribution in [0.15, 0.2) is 6.33 Å². The first-order chi connectivity index (χ1) is 7.97. The highest BCUT2D eigenvalue weighted by molar-refractivity contribution is 6.31. The molecule has 0 aliphatic heterocycles. The van der Waals surface area contributed by atoms with Gasteiger partial charge in [0.25, 0.3) is 0 Å². The van der Waals surface area contributed by atoms with E-state index in [1.807, 2.05) is 0 Å². The maximum atomic E-state index is 10.9. The molecule has 0 radical (unpaired) electrons. The molecule has 17 heavy (non-hydrogen) atoms. The predicted octanol–water partition coefficient (Wildman–Crippen LogP) is 2.52. The van der Waals surface area contributed by atoms with E-state index in [4.69, 9.17) is 11.6 Å². The van der Waals surface area contributed by atoms with Gasteiger partial charge in [0.1, 0.15) is 6.33 Å². The first-order valence-corrected chi connectivity index (χ1v) is 5.71. The van der Waals surface area contributed by atoms with Gasteiger partial charge in [-0.15, -0.1) is 0 Å². The van der Waals surface area contributed by atoms with E-state index >= 15 is 0 Å². The Bertz CT molecular complexity index is 413. The molecule has 0 aliphatic rings. The summed E-state index contributed by atoms with van der Waals surface area (Å²) < 4.78 is 0. The standard InChI is InChI=1S/C10H15ClN4O2/c1-4-7(2)5-14(3)10-8(15(16)17)9(11)12-6-13-10/h6-7H,4-5H2,1-3H3. The van der Waals surface area contributed by atoms with Crippen molar-refractivity contribution in [2.45, 2.75) is 20.3 Å². The summed E-state index contributed by atoms with van der Waals surface area (Å²) in [4.78, 5) is 19.7. The summed E-state index contributed by atoms with van der Waals surface area (Å²) in [5, 5.41) is 10.8. The van der Waals surface area contributed by atoms with Crippen molar-refractivity contribution in [2.24, 2.45) is 5.92 Å². The van der Waals surface area contributed by atoms with E-state index in [0.717, 1.165) is 6.42 Å². The molecule has 0 saturated heterocycles. The van der Waals surface area contributed by atoms with Crippen molar-refractivity contribution < 1.29 is 4.92 Å². The van der Waals surface area contributed by atoms with Crippen LogP contribution in [0.3, 0.4) is 0 Å². The molecular weight excluding hydrogens is 244 g/mol. The Kier molecular flexibility index (Phi) is 4.62. The lowest BCUT2D eigenvalue weighted by Gasteiger charge is -2.21. The smallest absolute Gasteiger partial charge is 0.348 e. The fourth-order valence-corrected chi connectivity index (χ4v) is 1.67. The number of anilines is 1. The van der Waals surface area contributed by atoms with Gasteiger partial charge in [0, 0.05) is 13.6 Å². The van der Waals surface area contributed by atoms with Gasteiger partial charge in [0.2, 0.25) is 11.0 Å². The van der Waals surface area contributed by atoms with E-state index < -0.39 is 4.92 Å². The Morgan fingerprint density at radius 3 is 2.76 bits per heavy atom. The largest absolute Gasteiger partial charge is 0.354 e. The molecule has 0 bridgehead atoms. The molecule has 1 heterocycles. The first-order valence-electron chi connectivity index (χ1n) is 5.33. The van der Waals surface area contributed by atoms with Crippen LogP contribution in [0, 0.1) is 16.0 Å². The zero-order valence-corrected chi connectivity index (χ0v) is 10.8. The van der Waals surface area contributed by atoms with Crippen LogP contribution in [0.5, 0.6) is 0 Å². The Morgan fingerprint density at radius 1 is 1.59 bits per heavy atom. The van der Waals surface area contributed by atoms with Gasteiger partial charge in [-0.25, -0.2) is 9.97 Å². The minimum absolute atomic E-state index is 0.129. The van der Waals surface area contributed by atoms with Gasteiger partial charge in [-0.05, 0) is 5.92 Å². The second kappa shape index (κ2) is 5.77. The molecule has 1 rings (SSSR count). The lowest BCUT2D eigenvalue weighted by molar-refractivity contribution is -0.384. The number of hydrogen-bond donors (Lipinski definition) is 0. The van der Waals surface area contributed by atoms with Gasteiger partial charge in [0.05, 0.1) is 4.92 Å². The minimum Gasteiger partial charge on any atom is -0.354 e.